The summed E-state index contributed by atoms with van der Waals surface area (Å²) in [5, 5.41) is 3.09. The molecule has 0 saturated carbocycles. The van der Waals surface area contributed by atoms with Gasteiger partial charge in [0.05, 0.1) is 6.54 Å². The Balaban J connectivity index is 2.90. The molecular formula is C12H17NO. The largest absolute Gasteiger partial charge is 0.378 e. The zero-order valence-electron chi connectivity index (χ0n) is 9.00. The van der Waals surface area contributed by atoms with Crippen LogP contribution in [0.5, 0.6) is 0 Å². The normalized spacial score (nSPS) is 10.3. The molecule has 14 heavy (non-hydrogen) atoms. The maximum Gasteiger partial charge on any atom is 0.139 e. The monoisotopic (exact) mass is 191 g/mol. The van der Waals surface area contributed by atoms with Crippen LogP contribution in [-0.4, -0.2) is 12.8 Å². The van der Waals surface area contributed by atoms with E-state index in [-0.39, 0.29) is 0 Å². The molecule has 0 aliphatic heterocycles. The average Bonchev–Trinajstić information content (AvgIpc) is 2.16. The molecule has 0 unspecified atom stereocenters. The highest BCUT2D eigenvalue weighted by atomic mass is 16.1. The van der Waals surface area contributed by atoms with Gasteiger partial charge in [0.15, 0.2) is 0 Å². The van der Waals surface area contributed by atoms with Crippen molar-refractivity contribution in [2.24, 2.45) is 0 Å². The molecule has 0 aliphatic carbocycles. The summed E-state index contributed by atoms with van der Waals surface area (Å²) in [5.74, 6) is 0.521. The van der Waals surface area contributed by atoms with Crippen LogP contribution in [0.1, 0.15) is 30.9 Å². The summed E-state index contributed by atoms with van der Waals surface area (Å²) in [5.41, 5.74) is 3.53. The highest BCUT2D eigenvalue weighted by molar-refractivity contribution is 5.62. The third-order valence-electron chi connectivity index (χ3n) is 2.30. The van der Waals surface area contributed by atoms with Crippen LogP contribution < -0.4 is 5.32 Å². The molecule has 76 valence electrons. The van der Waals surface area contributed by atoms with Crippen LogP contribution in [0.15, 0.2) is 18.2 Å². The first kappa shape index (κ1) is 10.8. The van der Waals surface area contributed by atoms with Crippen LogP contribution in [0.4, 0.5) is 5.69 Å². The fourth-order valence-electron chi connectivity index (χ4n) is 1.34. The van der Waals surface area contributed by atoms with Gasteiger partial charge in [-0.2, -0.15) is 0 Å². The van der Waals surface area contributed by atoms with Gasteiger partial charge >= 0.3 is 0 Å². The zero-order valence-corrected chi connectivity index (χ0v) is 9.00. The van der Waals surface area contributed by atoms with Gasteiger partial charge in [0.25, 0.3) is 0 Å². The SMILES string of the molecule is Cc1ccc(C(C)C)cc1NCC=O. The molecule has 2 nitrogen and oxygen atoms in total. The molecule has 0 radical (unpaired) electrons. The van der Waals surface area contributed by atoms with Crippen molar-refractivity contribution in [3.8, 4) is 0 Å². The molecule has 1 N–H and O–H groups in total. The van der Waals surface area contributed by atoms with E-state index < -0.39 is 0 Å². The maximum absolute atomic E-state index is 10.2. The second-order valence-corrected chi connectivity index (χ2v) is 3.78. The van der Waals surface area contributed by atoms with E-state index in [1.54, 1.807) is 0 Å². The fourth-order valence-corrected chi connectivity index (χ4v) is 1.34. The minimum atomic E-state index is 0.377. The van der Waals surface area contributed by atoms with E-state index in [1.165, 1.54) is 11.1 Å². The number of nitrogens with one attached hydrogen (secondary N) is 1. The van der Waals surface area contributed by atoms with Crippen LogP contribution in [0.3, 0.4) is 0 Å². The Morgan fingerprint density at radius 3 is 2.71 bits per heavy atom. The predicted molar refractivity (Wildman–Crippen MR) is 59.8 cm³/mol. The molecule has 0 saturated heterocycles. The number of hydrogen-bond acceptors (Lipinski definition) is 2. The van der Waals surface area contributed by atoms with Crippen LogP contribution in [-0.2, 0) is 4.79 Å². The summed E-state index contributed by atoms with van der Waals surface area (Å²) in [4.78, 5) is 10.2. The van der Waals surface area contributed by atoms with Crippen LogP contribution >= 0.6 is 0 Å². The molecule has 0 fully saturated rings. The van der Waals surface area contributed by atoms with E-state index in [0.717, 1.165) is 12.0 Å². The number of benzene rings is 1. The van der Waals surface area contributed by atoms with Crippen molar-refractivity contribution in [2.75, 3.05) is 11.9 Å². The van der Waals surface area contributed by atoms with Crippen molar-refractivity contribution >= 4 is 12.0 Å². The van der Waals surface area contributed by atoms with Crippen LogP contribution in [0.2, 0.25) is 0 Å². The summed E-state index contributed by atoms with van der Waals surface area (Å²) in [7, 11) is 0. The van der Waals surface area contributed by atoms with Gasteiger partial charge in [-0.1, -0.05) is 26.0 Å². The molecule has 0 aromatic heterocycles. The molecule has 1 rings (SSSR count). The second kappa shape index (κ2) is 4.80. The van der Waals surface area contributed by atoms with Crippen molar-refractivity contribution in [1.29, 1.82) is 0 Å². The highest BCUT2D eigenvalue weighted by Crippen LogP contribution is 2.21. The summed E-state index contributed by atoms with van der Waals surface area (Å²) in [6.45, 7) is 6.74. The molecule has 1 aromatic rings. The van der Waals surface area contributed by atoms with Gasteiger partial charge in [-0.25, -0.2) is 0 Å². The lowest BCUT2D eigenvalue weighted by Crippen LogP contribution is -2.04. The van der Waals surface area contributed by atoms with Crippen molar-refractivity contribution in [1.82, 2.24) is 0 Å². The van der Waals surface area contributed by atoms with E-state index >= 15 is 0 Å². The van der Waals surface area contributed by atoms with Gasteiger partial charge in [-0.05, 0) is 30.0 Å². The lowest BCUT2D eigenvalue weighted by Gasteiger charge is -2.11. The summed E-state index contributed by atoms with van der Waals surface area (Å²) >= 11 is 0. The molecule has 0 aliphatic rings. The number of aldehydes is 1. The first-order valence-corrected chi connectivity index (χ1v) is 4.93. The third kappa shape index (κ3) is 2.59. The van der Waals surface area contributed by atoms with E-state index in [1.807, 2.05) is 6.92 Å². The Hall–Kier alpha value is -1.31. The predicted octanol–water partition coefficient (Wildman–Crippen LogP) is 2.73. The first-order chi connectivity index (χ1) is 6.65. The van der Waals surface area contributed by atoms with Crippen molar-refractivity contribution < 1.29 is 4.79 Å². The topological polar surface area (TPSA) is 29.1 Å². The minimum Gasteiger partial charge on any atom is -0.378 e. The Bertz CT molecular complexity index is 318. The first-order valence-electron chi connectivity index (χ1n) is 4.93. The molecule has 0 bridgehead atoms. The zero-order chi connectivity index (χ0) is 10.6. The van der Waals surface area contributed by atoms with Gasteiger partial charge in [-0.3, -0.25) is 0 Å². The Labute approximate surface area is 85.3 Å². The van der Waals surface area contributed by atoms with Crippen LogP contribution in [0, 0.1) is 6.92 Å². The minimum absolute atomic E-state index is 0.377. The number of aryl methyl sites for hydroxylation is 1. The van der Waals surface area contributed by atoms with E-state index in [2.05, 4.69) is 37.4 Å². The van der Waals surface area contributed by atoms with Gasteiger partial charge < -0.3 is 10.1 Å². The summed E-state index contributed by atoms with van der Waals surface area (Å²) in [6.07, 6.45) is 0.876. The number of hydrogen-bond donors (Lipinski definition) is 1. The quantitative estimate of drug-likeness (QED) is 0.741. The number of carbonyl (C=O) groups is 1. The molecule has 0 spiro atoms. The van der Waals surface area contributed by atoms with E-state index in [4.69, 9.17) is 0 Å². The van der Waals surface area contributed by atoms with E-state index in [9.17, 15) is 4.79 Å². The molecule has 0 heterocycles. The summed E-state index contributed by atoms with van der Waals surface area (Å²) in [6, 6.07) is 6.33. The number of carbonyl (C=O) groups excluding carboxylic acids is 1. The van der Waals surface area contributed by atoms with Gasteiger partial charge in [0.2, 0.25) is 0 Å². The Morgan fingerprint density at radius 2 is 2.14 bits per heavy atom. The highest BCUT2D eigenvalue weighted by Gasteiger charge is 2.02. The van der Waals surface area contributed by atoms with Gasteiger partial charge in [0, 0.05) is 5.69 Å². The molecule has 0 amide bonds. The standard InChI is InChI=1S/C12H17NO/c1-9(2)11-5-4-10(3)12(8-11)13-6-7-14/h4-5,7-9,13H,6H2,1-3H3. The van der Waals surface area contributed by atoms with Crippen LogP contribution in [0.25, 0.3) is 0 Å². The lowest BCUT2D eigenvalue weighted by molar-refractivity contribution is -0.106. The van der Waals surface area contributed by atoms with Crippen molar-refractivity contribution in [3.05, 3.63) is 29.3 Å². The smallest absolute Gasteiger partial charge is 0.139 e. The molecule has 2 heteroatoms. The fraction of sp³-hybridized carbons (Fsp3) is 0.417. The third-order valence-corrected chi connectivity index (χ3v) is 2.30. The summed E-state index contributed by atoms with van der Waals surface area (Å²) < 4.78 is 0. The second-order valence-electron chi connectivity index (χ2n) is 3.78. The van der Waals surface area contributed by atoms with Crippen molar-refractivity contribution in [2.45, 2.75) is 26.7 Å². The Morgan fingerprint density at radius 1 is 1.43 bits per heavy atom. The molecular weight excluding hydrogens is 174 g/mol. The average molecular weight is 191 g/mol. The van der Waals surface area contributed by atoms with Gasteiger partial charge in [-0.15, -0.1) is 0 Å². The van der Waals surface area contributed by atoms with E-state index in [0.29, 0.717) is 12.5 Å². The maximum atomic E-state index is 10.2. The molecule has 0 atom stereocenters. The molecule has 1 aromatic carbocycles. The number of rotatable bonds is 4. The Kier molecular flexibility index (Phi) is 3.69. The lowest BCUT2D eigenvalue weighted by atomic mass is 10.0. The number of anilines is 1. The van der Waals surface area contributed by atoms with Crippen molar-refractivity contribution in [3.63, 3.8) is 0 Å². The van der Waals surface area contributed by atoms with Gasteiger partial charge in [0.1, 0.15) is 6.29 Å².